The average Bonchev–Trinajstić information content (AvgIpc) is 2.93. The molecule has 140 valence electrons. The maximum Gasteiger partial charge on any atom is 0.165 e. The molecule has 2 heterocycles. The van der Waals surface area contributed by atoms with Gasteiger partial charge in [0.2, 0.25) is 0 Å². The van der Waals surface area contributed by atoms with E-state index < -0.39 is 23.2 Å². The van der Waals surface area contributed by atoms with E-state index in [2.05, 4.69) is 4.90 Å². The van der Waals surface area contributed by atoms with Gasteiger partial charge in [-0.15, -0.1) is 0 Å². The molecule has 5 nitrogen and oxygen atoms in total. The molecule has 1 spiro atoms. The summed E-state index contributed by atoms with van der Waals surface area (Å²) >= 11 is 0. The molecule has 3 N–H and O–H groups in total. The Bertz CT molecular complexity index is 778. The fourth-order valence-electron chi connectivity index (χ4n) is 6.83. The van der Waals surface area contributed by atoms with Crippen LogP contribution in [-0.4, -0.2) is 57.2 Å². The van der Waals surface area contributed by atoms with Crippen LogP contribution in [0.4, 0.5) is 0 Å². The summed E-state index contributed by atoms with van der Waals surface area (Å²) in [7, 11) is 0. The number of likely N-dealkylation sites (tertiary alicyclic amines) is 1. The van der Waals surface area contributed by atoms with Crippen LogP contribution in [0.25, 0.3) is 0 Å². The Morgan fingerprint density at radius 3 is 2.81 bits per heavy atom. The van der Waals surface area contributed by atoms with Crippen molar-refractivity contribution >= 4 is 0 Å². The lowest BCUT2D eigenvalue weighted by molar-refractivity contribution is -0.209. The molecule has 1 aromatic carbocycles. The minimum Gasteiger partial charge on any atom is -0.504 e. The topological polar surface area (TPSA) is 73.2 Å². The number of nitrogens with zero attached hydrogens (tertiary/aromatic N) is 1. The van der Waals surface area contributed by atoms with Crippen molar-refractivity contribution in [1.82, 2.24) is 4.90 Å². The van der Waals surface area contributed by atoms with Crippen LogP contribution >= 0.6 is 0 Å². The van der Waals surface area contributed by atoms with Gasteiger partial charge in [-0.1, -0.05) is 12.5 Å². The lowest BCUT2D eigenvalue weighted by atomic mass is 9.48. The standard InChI is InChI=1S/C21H27NO4/c23-14-5-4-13-10-16-21(25)7-6-15(24)19-20(21,17(13)18(14)26-19)8-9-22(16)11-12-2-1-3-12/h4-5,12,15-16,19,23-25H,1-3,6-11H2/t15?,16-,19?,20+,21-/m1/s1. The van der Waals surface area contributed by atoms with Crippen LogP contribution in [0.5, 0.6) is 11.5 Å². The second-order valence-electron chi connectivity index (χ2n) is 9.25. The molecule has 26 heavy (non-hydrogen) atoms. The third-order valence-corrected chi connectivity index (χ3v) is 8.26. The molecule has 3 fully saturated rings. The van der Waals surface area contributed by atoms with E-state index in [1.54, 1.807) is 6.07 Å². The van der Waals surface area contributed by atoms with Crippen LogP contribution in [0.15, 0.2) is 12.1 Å². The largest absolute Gasteiger partial charge is 0.504 e. The first kappa shape index (κ1) is 15.7. The number of phenols is 1. The third kappa shape index (κ3) is 1.64. The molecular formula is C21H27NO4. The Kier molecular flexibility index (Phi) is 2.99. The SMILES string of the molecule is Oc1ccc2c3c1OC1C(O)CC[C@@]4(O)[C@@H](C2)N(CC2CCC2)CC[C@]314. The average molecular weight is 357 g/mol. The zero-order valence-electron chi connectivity index (χ0n) is 15.0. The van der Waals surface area contributed by atoms with Crippen molar-refractivity contribution in [2.45, 2.75) is 74.2 Å². The zero-order valence-corrected chi connectivity index (χ0v) is 15.0. The van der Waals surface area contributed by atoms with Crippen LogP contribution in [-0.2, 0) is 11.8 Å². The van der Waals surface area contributed by atoms with Crippen LogP contribution in [0, 0.1) is 5.92 Å². The molecule has 6 rings (SSSR count). The van der Waals surface area contributed by atoms with Gasteiger partial charge in [0.1, 0.15) is 6.10 Å². The Morgan fingerprint density at radius 1 is 1.19 bits per heavy atom. The van der Waals surface area contributed by atoms with E-state index in [1.807, 2.05) is 6.07 Å². The maximum absolute atomic E-state index is 12.1. The second kappa shape index (κ2) is 4.94. The van der Waals surface area contributed by atoms with Gasteiger partial charge in [0.15, 0.2) is 11.5 Å². The number of ether oxygens (including phenoxy) is 1. The molecule has 1 saturated heterocycles. The normalized spacial score (nSPS) is 43.5. The lowest BCUT2D eigenvalue weighted by Crippen LogP contribution is -2.77. The number of rotatable bonds is 2. The first-order valence-electron chi connectivity index (χ1n) is 10.2. The molecule has 2 unspecified atom stereocenters. The van der Waals surface area contributed by atoms with Crippen molar-refractivity contribution in [2.24, 2.45) is 5.92 Å². The van der Waals surface area contributed by atoms with E-state index in [4.69, 9.17) is 4.74 Å². The van der Waals surface area contributed by atoms with Crippen LogP contribution < -0.4 is 4.74 Å². The molecule has 5 atom stereocenters. The predicted octanol–water partition coefficient (Wildman–Crippen LogP) is 1.71. The van der Waals surface area contributed by atoms with Gasteiger partial charge in [-0.2, -0.15) is 0 Å². The minimum absolute atomic E-state index is 0.0819. The summed E-state index contributed by atoms with van der Waals surface area (Å²) in [4.78, 5) is 2.53. The second-order valence-corrected chi connectivity index (χ2v) is 9.25. The van der Waals surface area contributed by atoms with Gasteiger partial charge in [0.05, 0.1) is 17.1 Å². The lowest BCUT2D eigenvalue weighted by Gasteiger charge is -2.64. The number of aliphatic hydroxyl groups is 2. The van der Waals surface area contributed by atoms with E-state index in [9.17, 15) is 15.3 Å². The van der Waals surface area contributed by atoms with Crippen molar-refractivity contribution in [3.05, 3.63) is 23.3 Å². The quantitative estimate of drug-likeness (QED) is 0.751. The molecule has 2 aliphatic heterocycles. The molecule has 5 heteroatoms. The predicted molar refractivity (Wildman–Crippen MR) is 95.4 cm³/mol. The summed E-state index contributed by atoms with van der Waals surface area (Å²) in [5.74, 6) is 1.42. The fourth-order valence-corrected chi connectivity index (χ4v) is 6.83. The monoisotopic (exact) mass is 357 g/mol. The molecular weight excluding hydrogens is 330 g/mol. The number of aromatic hydroxyl groups is 1. The molecule has 1 aromatic rings. The minimum atomic E-state index is -0.884. The van der Waals surface area contributed by atoms with E-state index in [0.29, 0.717) is 18.6 Å². The van der Waals surface area contributed by atoms with Gasteiger partial charge in [-0.3, -0.25) is 4.90 Å². The van der Waals surface area contributed by atoms with E-state index in [0.717, 1.165) is 37.4 Å². The van der Waals surface area contributed by atoms with E-state index >= 15 is 0 Å². The van der Waals surface area contributed by atoms with E-state index in [-0.39, 0.29) is 11.8 Å². The molecule has 2 bridgehead atoms. The Balaban J connectivity index is 1.52. The number of hydrogen-bond donors (Lipinski definition) is 3. The molecule has 0 aromatic heterocycles. The first-order valence-corrected chi connectivity index (χ1v) is 10.2. The van der Waals surface area contributed by atoms with Crippen LogP contribution in [0.2, 0.25) is 0 Å². The summed E-state index contributed by atoms with van der Waals surface area (Å²) < 4.78 is 6.16. The number of benzene rings is 1. The first-order chi connectivity index (χ1) is 12.5. The van der Waals surface area contributed by atoms with Crippen molar-refractivity contribution in [3.63, 3.8) is 0 Å². The van der Waals surface area contributed by atoms with Gasteiger partial charge >= 0.3 is 0 Å². The summed E-state index contributed by atoms with van der Waals surface area (Å²) in [6, 6.07) is 3.80. The van der Waals surface area contributed by atoms with Crippen LogP contribution in [0.1, 0.15) is 49.7 Å². The van der Waals surface area contributed by atoms with Gasteiger partial charge < -0.3 is 20.1 Å². The molecule has 5 aliphatic rings. The number of aliphatic hydroxyl groups excluding tert-OH is 1. The maximum atomic E-state index is 12.1. The molecule has 2 saturated carbocycles. The fraction of sp³-hybridized carbons (Fsp3) is 0.714. The van der Waals surface area contributed by atoms with Gasteiger partial charge in [-0.05, 0) is 62.6 Å². The van der Waals surface area contributed by atoms with Crippen molar-refractivity contribution in [2.75, 3.05) is 13.1 Å². The molecule has 0 amide bonds. The Labute approximate surface area is 153 Å². The molecule has 3 aliphatic carbocycles. The Morgan fingerprint density at radius 2 is 2.04 bits per heavy atom. The van der Waals surface area contributed by atoms with Gasteiger partial charge in [-0.25, -0.2) is 0 Å². The van der Waals surface area contributed by atoms with Gasteiger partial charge in [0, 0.05) is 18.2 Å². The summed E-state index contributed by atoms with van der Waals surface area (Å²) in [5.41, 5.74) is 0.712. The summed E-state index contributed by atoms with van der Waals surface area (Å²) in [6.07, 6.45) is 5.68. The van der Waals surface area contributed by atoms with Gasteiger partial charge in [0.25, 0.3) is 0 Å². The smallest absolute Gasteiger partial charge is 0.165 e. The van der Waals surface area contributed by atoms with Crippen molar-refractivity contribution in [3.8, 4) is 11.5 Å². The third-order valence-electron chi connectivity index (χ3n) is 8.26. The number of hydrogen-bond acceptors (Lipinski definition) is 5. The number of piperidine rings is 1. The highest BCUT2D eigenvalue weighted by atomic mass is 16.5. The highest BCUT2D eigenvalue weighted by Gasteiger charge is 2.72. The van der Waals surface area contributed by atoms with E-state index in [1.165, 1.54) is 24.8 Å². The highest BCUT2D eigenvalue weighted by Crippen LogP contribution is 2.65. The highest BCUT2D eigenvalue weighted by molar-refractivity contribution is 5.62. The number of phenolic OH excluding ortho intramolecular Hbond substituents is 1. The summed E-state index contributed by atoms with van der Waals surface area (Å²) in [6.45, 7) is 2.02. The molecule has 0 radical (unpaired) electrons. The van der Waals surface area contributed by atoms with Crippen molar-refractivity contribution < 1.29 is 20.1 Å². The van der Waals surface area contributed by atoms with Crippen LogP contribution in [0.3, 0.4) is 0 Å². The summed E-state index contributed by atoms with van der Waals surface area (Å²) in [5, 5.41) is 33.2. The Hall–Kier alpha value is -1.30. The van der Waals surface area contributed by atoms with Crippen molar-refractivity contribution in [1.29, 1.82) is 0 Å². The zero-order chi connectivity index (χ0) is 17.7.